The average Bonchev–Trinajstić information content (AvgIpc) is 2.54. The molecule has 132 valence electrons. The molecule has 0 saturated carbocycles. The fraction of sp³-hybridized carbons (Fsp3) is 0.400. The van der Waals surface area contributed by atoms with E-state index >= 15 is 0 Å². The molecule has 0 aliphatic carbocycles. The zero-order chi connectivity index (χ0) is 18.1. The first-order chi connectivity index (χ1) is 11.4. The van der Waals surface area contributed by atoms with Crippen LogP contribution in [-0.4, -0.2) is 44.5 Å². The number of likely N-dealkylation sites (N-methyl/N-ethyl adjacent to an activating group) is 1. The fourth-order valence-electron chi connectivity index (χ4n) is 2.12. The smallest absolute Gasteiger partial charge is 0.252 e. The number of nitrogens with zero attached hydrogens (tertiary/aromatic N) is 1. The Bertz CT molecular complexity index is 613. The van der Waals surface area contributed by atoms with E-state index in [0.717, 1.165) is 0 Å². The second-order valence-corrected chi connectivity index (χ2v) is 5.06. The average molecular weight is 336 g/mol. The standard InChI is InChI=1S/C15H24N6O3/c1-19-11(4-3-7-20-15(17)18)14(23)21-9-5-6-12(24-2)10(8-9)13(16)22/h5-6,8,11,19H,3-4,7H2,1-2H3,(H2,16,22)(H,21,23)(H4,17,18,20). The number of primary amides is 1. The lowest BCUT2D eigenvalue weighted by Crippen LogP contribution is -2.38. The van der Waals surface area contributed by atoms with Crippen molar-refractivity contribution in [2.24, 2.45) is 22.2 Å². The molecule has 1 aromatic carbocycles. The van der Waals surface area contributed by atoms with E-state index in [0.29, 0.717) is 30.8 Å². The molecule has 8 N–H and O–H groups in total. The minimum absolute atomic E-state index is 0.0256. The van der Waals surface area contributed by atoms with Gasteiger partial charge in [0.25, 0.3) is 5.91 Å². The molecule has 0 fully saturated rings. The fourth-order valence-corrected chi connectivity index (χ4v) is 2.12. The largest absolute Gasteiger partial charge is 0.496 e. The first kappa shape index (κ1) is 19.2. The van der Waals surface area contributed by atoms with Gasteiger partial charge in [0.1, 0.15) is 5.75 Å². The number of anilines is 1. The van der Waals surface area contributed by atoms with Crippen molar-refractivity contribution in [2.75, 3.05) is 26.0 Å². The van der Waals surface area contributed by atoms with Crippen molar-refractivity contribution in [3.63, 3.8) is 0 Å². The second-order valence-electron chi connectivity index (χ2n) is 5.06. The van der Waals surface area contributed by atoms with E-state index in [1.54, 1.807) is 19.2 Å². The van der Waals surface area contributed by atoms with Gasteiger partial charge in [-0.05, 0) is 38.1 Å². The molecule has 0 aliphatic rings. The van der Waals surface area contributed by atoms with E-state index in [9.17, 15) is 9.59 Å². The molecular weight excluding hydrogens is 312 g/mol. The van der Waals surface area contributed by atoms with Crippen LogP contribution in [0.25, 0.3) is 0 Å². The summed E-state index contributed by atoms with van der Waals surface area (Å²) in [6, 6.07) is 4.27. The number of rotatable bonds is 9. The van der Waals surface area contributed by atoms with Crippen LogP contribution in [0.2, 0.25) is 0 Å². The highest BCUT2D eigenvalue weighted by molar-refractivity contribution is 5.99. The van der Waals surface area contributed by atoms with Gasteiger partial charge in [-0.25, -0.2) is 0 Å². The molecule has 0 spiro atoms. The monoisotopic (exact) mass is 336 g/mol. The van der Waals surface area contributed by atoms with Crippen molar-refractivity contribution in [1.82, 2.24) is 5.32 Å². The summed E-state index contributed by atoms with van der Waals surface area (Å²) in [4.78, 5) is 27.6. The van der Waals surface area contributed by atoms with Crippen molar-refractivity contribution in [3.05, 3.63) is 23.8 Å². The number of aliphatic imine (C=N–C) groups is 1. The number of ether oxygens (including phenoxy) is 1. The molecule has 2 amide bonds. The third kappa shape index (κ3) is 5.76. The van der Waals surface area contributed by atoms with Crippen LogP contribution in [0.4, 0.5) is 5.69 Å². The zero-order valence-electron chi connectivity index (χ0n) is 13.8. The predicted molar refractivity (Wildman–Crippen MR) is 92.9 cm³/mol. The quantitative estimate of drug-likeness (QED) is 0.229. The van der Waals surface area contributed by atoms with Gasteiger partial charge >= 0.3 is 0 Å². The molecule has 0 saturated heterocycles. The molecule has 9 heteroatoms. The van der Waals surface area contributed by atoms with Crippen LogP contribution in [0.3, 0.4) is 0 Å². The van der Waals surface area contributed by atoms with Crippen molar-refractivity contribution >= 4 is 23.5 Å². The number of methoxy groups -OCH3 is 1. The Morgan fingerprint density at radius 2 is 2.00 bits per heavy atom. The maximum atomic E-state index is 12.3. The minimum atomic E-state index is -0.634. The van der Waals surface area contributed by atoms with Crippen molar-refractivity contribution in [1.29, 1.82) is 0 Å². The lowest BCUT2D eigenvalue weighted by atomic mass is 10.1. The Hall–Kier alpha value is -2.81. The van der Waals surface area contributed by atoms with Crippen LogP contribution in [0.15, 0.2) is 23.2 Å². The summed E-state index contributed by atoms with van der Waals surface area (Å²) in [5.74, 6) is -0.492. The summed E-state index contributed by atoms with van der Waals surface area (Å²) < 4.78 is 5.06. The van der Waals surface area contributed by atoms with Crippen molar-refractivity contribution < 1.29 is 14.3 Å². The van der Waals surface area contributed by atoms with Gasteiger partial charge in [0.15, 0.2) is 5.96 Å². The Morgan fingerprint density at radius 3 is 2.54 bits per heavy atom. The van der Waals surface area contributed by atoms with Gasteiger partial charge in [-0.15, -0.1) is 0 Å². The lowest BCUT2D eigenvalue weighted by molar-refractivity contribution is -0.118. The highest BCUT2D eigenvalue weighted by Crippen LogP contribution is 2.22. The second kappa shape index (κ2) is 9.36. The molecule has 0 aliphatic heterocycles. The summed E-state index contributed by atoms with van der Waals surface area (Å²) in [7, 11) is 3.13. The topological polar surface area (TPSA) is 158 Å². The maximum absolute atomic E-state index is 12.3. The third-order valence-electron chi connectivity index (χ3n) is 3.34. The van der Waals surface area contributed by atoms with Gasteiger partial charge in [-0.1, -0.05) is 0 Å². The highest BCUT2D eigenvalue weighted by Gasteiger charge is 2.17. The number of nitrogens with one attached hydrogen (secondary N) is 2. The van der Waals surface area contributed by atoms with Crippen molar-refractivity contribution in [3.8, 4) is 5.75 Å². The normalized spacial score (nSPS) is 11.4. The lowest BCUT2D eigenvalue weighted by Gasteiger charge is -2.16. The predicted octanol–water partition coefficient (Wildman–Crippen LogP) is -0.626. The number of nitrogens with two attached hydrogens (primary N) is 3. The summed E-state index contributed by atoms with van der Waals surface area (Å²) in [6.45, 7) is 0.447. The first-order valence-electron chi connectivity index (χ1n) is 7.40. The highest BCUT2D eigenvalue weighted by atomic mass is 16.5. The van der Waals surface area contributed by atoms with E-state index < -0.39 is 11.9 Å². The van der Waals surface area contributed by atoms with Gasteiger partial charge < -0.3 is 32.6 Å². The number of hydrogen-bond donors (Lipinski definition) is 5. The van der Waals surface area contributed by atoms with Crippen LogP contribution in [0.5, 0.6) is 5.75 Å². The van der Waals surface area contributed by atoms with E-state index in [4.69, 9.17) is 21.9 Å². The van der Waals surface area contributed by atoms with E-state index in [-0.39, 0.29) is 17.4 Å². The maximum Gasteiger partial charge on any atom is 0.252 e. The van der Waals surface area contributed by atoms with E-state index in [1.165, 1.54) is 13.2 Å². The molecule has 1 rings (SSSR count). The molecule has 24 heavy (non-hydrogen) atoms. The van der Waals surface area contributed by atoms with Crippen molar-refractivity contribution in [2.45, 2.75) is 18.9 Å². The summed E-state index contributed by atoms with van der Waals surface area (Å²) in [5, 5.41) is 5.67. The number of benzene rings is 1. The summed E-state index contributed by atoms with van der Waals surface area (Å²) >= 11 is 0. The number of amides is 2. The van der Waals surface area contributed by atoms with Crippen LogP contribution in [0.1, 0.15) is 23.2 Å². The molecule has 1 unspecified atom stereocenters. The van der Waals surface area contributed by atoms with Gasteiger partial charge in [0, 0.05) is 12.2 Å². The number of guanidine groups is 1. The molecule has 0 aromatic heterocycles. The van der Waals surface area contributed by atoms with Crippen LogP contribution in [-0.2, 0) is 4.79 Å². The first-order valence-corrected chi connectivity index (χ1v) is 7.40. The van der Waals surface area contributed by atoms with E-state index in [1.807, 2.05) is 0 Å². The van der Waals surface area contributed by atoms with Crippen LogP contribution < -0.4 is 32.6 Å². The third-order valence-corrected chi connectivity index (χ3v) is 3.34. The number of carbonyl (C=O) groups is 2. The SMILES string of the molecule is CNC(CCCN=C(N)N)C(=O)Nc1ccc(OC)c(C(N)=O)c1. The molecule has 0 radical (unpaired) electrons. The van der Waals surface area contributed by atoms with Gasteiger partial charge in [0.2, 0.25) is 5.91 Å². The Kier molecular flexibility index (Phi) is 7.50. The van der Waals surface area contributed by atoms with Gasteiger partial charge in [-0.2, -0.15) is 0 Å². The van der Waals surface area contributed by atoms with Gasteiger partial charge in [-0.3, -0.25) is 14.6 Å². The zero-order valence-corrected chi connectivity index (χ0v) is 13.8. The number of carbonyl (C=O) groups excluding carboxylic acids is 2. The van der Waals surface area contributed by atoms with Crippen LogP contribution in [0, 0.1) is 0 Å². The summed E-state index contributed by atoms with van der Waals surface area (Å²) in [5.41, 5.74) is 16.5. The van der Waals surface area contributed by atoms with Gasteiger partial charge in [0.05, 0.1) is 18.7 Å². The van der Waals surface area contributed by atoms with E-state index in [2.05, 4.69) is 15.6 Å². The Balaban J connectivity index is 2.72. The minimum Gasteiger partial charge on any atom is -0.496 e. The molecule has 1 aromatic rings. The molecular formula is C15H24N6O3. The Morgan fingerprint density at radius 1 is 1.29 bits per heavy atom. The Labute approximate surface area is 140 Å². The molecule has 0 bridgehead atoms. The summed E-state index contributed by atoms with van der Waals surface area (Å²) in [6.07, 6.45) is 1.20. The molecule has 0 heterocycles. The molecule has 1 atom stereocenters. The molecule has 9 nitrogen and oxygen atoms in total. The van der Waals surface area contributed by atoms with Crippen LogP contribution >= 0.6 is 0 Å². The number of hydrogen-bond acceptors (Lipinski definition) is 5.